The van der Waals surface area contributed by atoms with Crippen molar-refractivity contribution < 1.29 is 4.74 Å². The number of nitrogens with zero attached hydrogens (tertiary/aromatic N) is 3. The smallest absolute Gasteiger partial charge is 0.225 e. The standard InChI is InChI=1S/C14H20N4OS/c1-8-7-10-12(16-14(15-3)17-13(10)20-8)18(4)11-5-6-19-9(11)2/h7,9,11H,5-6H2,1-4H3,(H,15,16,17). The molecule has 3 rings (SSSR count). The topological polar surface area (TPSA) is 50.3 Å². The molecule has 1 aliphatic heterocycles. The molecular formula is C14H20N4OS. The van der Waals surface area contributed by atoms with Crippen molar-refractivity contribution in [3.05, 3.63) is 10.9 Å². The van der Waals surface area contributed by atoms with Gasteiger partial charge < -0.3 is 15.0 Å². The highest BCUT2D eigenvalue weighted by Gasteiger charge is 2.30. The molecular weight excluding hydrogens is 272 g/mol. The van der Waals surface area contributed by atoms with Crippen LogP contribution < -0.4 is 10.2 Å². The van der Waals surface area contributed by atoms with E-state index < -0.39 is 0 Å². The van der Waals surface area contributed by atoms with Crippen LogP contribution in [0.4, 0.5) is 11.8 Å². The molecule has 1 aliphatic rings. The fourth-order valence-corrected chi connectivity index (χ4v) is 3.67. The predicted molar refractivity (Wildman–Crippen MR) is 83.9 cm³/mol. The fraction of sp³-hybridized carbons (Fsp3) is 0.571. The van der Waals surface area contributed by atoms with Crippen molar-refractivity contribution in [3.63, 3.8) is 0 Å². The summed E-state index contributed by atoms with van der Waals surface area (Å²) < 4.78 is 5.68. The van der Waals surface area contributed by atoms with Crippen molar-refractivity contribution in [2.75, 3.05) is 30.9 Å². The van der Waals surface area contributed by atoms with Gasteiger partial charge in [-0.3, -0.25) is 0 Å². The van der Waals surface area contributed by atoms with Crippen LogP contribution in [-0.4, -0.2) is 42.8 Å². The number of aromatic nitrogens is 2. The van der Waals surface area contributed by atoms with Crippen LogP contribution in [0.5, 0.6) is 0 Å². The Hall–Kier alpha value is -1.40. The first-order chi connectivity index (χ1) is 9.60. The summed E-state index contributed by atoms with van der Waals surface area (Å²) in [7, 11) is 3.96. The van der Waals surface area contributed by atoms with Gasteiger partial charge in [-0.2, -0.15) is 4.98 Å². The average molecular weight is 292 g/mol. The summed E-state index contributed by atoms with van der Waals surface area (Å²) in [6, 6.07) is 2.55. The monoisotopic (exact) mass is 292 g/mol. The lowest BCUT2D eigenvalue weighted by Gasteiger charge is -2.28. The summed E-state index contributed by atoms with van der Waals surface area (Å²) in [5.41, 5.74) is 0. The first-order valence-corrected chi connectivity index (χ1v) is 7.72. The van der Waals surface area contributed by atoms with E-state index in [1.807, 2.05) is 7.05 Å². The molecule has 20 heavy (non-hydrogen) atoms. The lowest BCUT2D eigenvalue weighted by molar-refractivity contribution is 0.118. The van der Waals surface area contributed by atoms with E-state index in [1.165, 1.54) is 4.88 Å². The molecule has 6 heteroatoms. The van der Waals surface area contributed by atoms with Gasteiger partial charge in [0.2, 0.25) is 5.95 Å². The summed E-state index contributed by atoms with van der Waals surface area (Å²) in [6.07, 6.45) is 1.28. The Labute approximate surface area is 123 Å². The maximum absolute atomic E-state index is 5.68. The summed E-state index contributed by atoms with van der Waals surface area (Å²) in [6.45, 7) is 5.06. The molecule has 0 radical (unpaired) electrons. The van der Waals surface area contributed by atoms with E-state index in [0.717, 1.165) is 29.1 Å². The van der Waals surface area contributed by atoms with Crippen LogP contribution in [0.2, 0.25) is 0 Å². The molecule has 3 heterocycles. The first kappa shape index (κ1) is 13.6. The highest BCUT2D eigenvalue weighted by molar-refractivity contribution is 7.18. The molecule has 2 atom stereocenters. The second-order valence-corrected chi connectivity index (χ2v) is 6.47. The van der Waals surface area contributed by atoms with Gasteiger partial charge in [-0.15, -0.1) is 11.3 Å². The molecule has 5 nitrogen and oxygen atoms in total. The van der Waals surface area contributed by atoms with Crippen molar-refractivity contribution >= 4 is 33.3 Å². The minimum absolute atomic E-state index is 0.239. The Morgan fingerprint density at radius 3 is 2.90 bits per heavy atom. The zero-order valence-corrected chi connectivity index (χ0v) is 13.1. The van der Waals surface area contributed by atoms with E-state index in [-0.39, 0.29) is 6.10 Å². The van der Waals surface area contributed by atoms with Crippen molar-refractivity contribution in [1.29, 1.82) is 0 Å². The minimum Gasteiger partial charge on any atom is -0.376 e. The molecule has 2 aromatic rings. The zero-order chi connectivity index (χ0) is 14.3. The molecule has 0 spiro atoms. The lowest BCUT2D eigenvalue weighted by Crippen LogP contribution is -2.37. The number of hydrogen-bond acceptors (Lipinski definition) is 6. The number of nitrogens with one attached hydrogen (secondary N) is 1. The van der Waals surface area contributed by atoms with Crippen LogP contribution in [0.1, 0.15) is 18.2 Å². The van der Waals surface area contributed by atoms with Crippen molar-refractivity contribution in [2.45, 2.75) is 32.4 Å². The van der Waals surface area contributed by atoms with Gasteiger partial charge >= 0.3 is 0 Å². The van der Waals surface area contributed by atoms with Crippen molar-refractivity contribution in [2.24, 2.45) is 0 Å². The molecule has 0 saturated carbocycles. The predicted octanol–water partition coefficient (Wildman–Crippen LogP) is 2.66. The van der Waals surface area contributed by atoms with E-state index >= 15 is 0 Å². The van der Waals surface area contributed by atoms with E-state index in [1.54, 1.807) is 11.3 Å². The highest BCUT2D eigenvalue weighted by atomic mass is 32.1. The number of hydrogen-bond donors (Lipinski definition) is 1. The number of aryl methyl sites for hydroxylation is 1. The largest absolute Gasteiger partial charge is 0.376 e. The van der Waals surface area contributed by atoms with Gasteiger partial charge in [0.05, 0.1) is 17.5 Å². The zero-order valence-electron chi connectivity index (χ0n) is 12.3. The number of thiophene rings is 1. The van der Waals surface area contributed by atoms with Gasteiger partial charge in [-0.25, -0.2) is 4.98 Å². The number of rotatable bonds is 3. The quantitative estimate of drug-likeness (QED) is 0.942. The second kappa shape index (κ2) is 5.18. The summed E-state index contributed by atoms with van der Waals surface area (Å²) >= 11 is 1.71. The molecule has 0 aliphatic carbocycles. The van der Waals surface area contributed by atoms with E-state index in [4.69, 9.17) is 4.74 Å². The molecule has 0 bridgehead atoms. The van der Waals surface area contributed by atoms with Crippen molar-refractivity contribution in [1.82, 2.24) is 9.97 Å². The van der Waals surface area contributed by atoms with E-state index in [9.17, 15) is 0 Å². The van der Waals surface area contributed by atoms with Crippen molar-refractivity contribution in [3.8, 4) is 0 Å². The minimum atomic E-state index is 0.239. The lowest BCUT2D eigenvalue weighted by atomic mass is 10.1. The normalized spacial score (nSPS) is 22.4. The second-order valence-electron chi connectivity index (χ2n) is 5.24. The summed E-state index contributed by atoms with van der Waals surface area (Å²) in [4.78, 5) is 13.7. The van der Waals surface area contributed by atoms with Gasteiger partial charge in [0.25, 0.3) is 0 Å². The number of anilines is 2. The van der Waals surface area contributed by atoms with Crippen LogP contribution in [-0.2, 0) is 4.74 Å². The molecule has 0 aromatic carbocycles. The third-order valence-electron chi connectivity index (χ3n) is 3.89. The van der Waals surface area contributed by atoms with Crippen LogP contribution in [0.25, 0.3) is 10.2 Å². The summed E-state index contributed by atoms with van der Waals surface area (Å²) in [5, 5.41) is 4.18. The maximum Gasteiger partial charge on any atom is 0.225 e. The molecule has 0 amide bonds. The van der Waals surface area contributed by atoms with Crippen LogP contribution in [0.15, 0.2) is 6.07 Å². The Morgan fingerprint density at radius 2 is 2.25 bits per heavy atom. The van der Waals surface area contributed by atoms with Gasteiger partial charge in [-0.05, 0) is 26.3 Å². The molecule has 2 unspecified atom stereocenters. The van der Waals surface area contributed by atoms with E-state index in [2.05, 4.69) is 47.1 Å². The Kier molecular flexibility index (Phi) is 3.52. The number of ether oxygens (including phenoxy) is 1. The third kappa shape index (κ3) is 2.23. The fourth-order valence-electron chi connectivity index (χ4n) is 2.79. The molecule has 1 fully saturated rings. The van der Waals surface area contributed by atoms with Gasteiger partial charge in [0.15, 0.2) is 0 Å². The van der Waals surface area contributed by atoms with Crippen LogP contribution in [0.3, 0.4) is 0 Å². The Bertz CT molecular complexity index is 627. The Morgan fingerprint density at radius 1 is 1.45 bits per heavy atom. The SMILES string of the molecule is CNc1nc(N(C)C2CCOC2C)c2cc(C)sc2n1. The molecule has 1 saturated heterocycles. The van der Waals surface area contributed by atoms with E-state index in [0.29, 0.717) is 12.0 Å². The maximum atomic E-state index is 5.68. The van der Waals surface area contributed by atoms with Crippen LogP contribution >= 0.6 is 11.3 Å². The van der Waals surface area contributed by atoms with Gasteiger partial charge in [0, 0.05) is 25.6 Å². The highest BCUT2D eigenvalue weighted by Crippen LogP contribution is 2.33. The third-order valence-corrected chi connectivity index (χ3v) is 4.83. The van der Waals surface area contributed by atoms with Crippen LogP contribution in [0, 0.1) is 6.92 Å². The first-order valence-electron chi connectivity index (χ1n) is 6.90. The molecule has 108 valence electrons. The molecule has 2 aromatic heterocycles. The summed E-state index contributed by atoms with van der Waals surface area (Å²) in [5.74, 6) is 1.67. The molecule has 1 N–H and O–H groups in total. The average Bonchev–Trinajstić information content (AvgIpc) is 3.01. The number of likely N-dealkylation sites (N-methyl/N-ethyl adjacent to an activating group) is 1. The Balaban J connectivity index is 2.08. The van der Waals surface area contributed by atoms with Gasteiger partial charge in [-0.1, -0.05) is 0 Å². The van der Waals surface area contributed by atoms with Gasteiger partial charge in [0.1, 0.15) is 10.6 Å². The number of fused-ring (bicyclic) bond motifs is 1.